The molecular formula is C26H30ClF3N6O4S. The van der Waals surface area contributed by atoms with Gasteiger partial charge in [0.15, 0.2) is 0 Å². The third kappa shape index (κ3) is 6.27. The normalized spacial score (nSPS) is 18.6. The molecule has 0 spiro atoms. The van der Waals surface area contributed by atoms with Crippen molar-refractivity contribution in [2.24, 2.45) is 5.73 Å². The van der Waals surface area contributed by atoms with E-state index in [9.17, 15) is 26.4 Å². The zero-order valence-corrected chi connectivity index (χ0v) is 24.1. The molecule has 4 rings (SSSR count). The molecule has 1 saturated heterocycles. The number of rotatable bonds is 8. The Kier molecular flexibility index (Phi) is 9.11. The zero-order valence-electron chi connectivity index (χ0n) is 22.5. The first-order chi connectivity index (χ1) is 19.3. The number of alkyl halides is 3. The first-order valence-corrected chi connectivity index (χ1v) is 14.3. The number of nitrogens with one attached hydrogen (secondary N) is 1. The summed E-state index contributed by atoms with van der Waals surface area (Å²) in [5.74, 6) is -0.821. The second-order valence-electron chi connectivity index (χ2n) is 9.64. The Labute approximate surface area is 241 Å². The maximum atomic E-state index is 14.5. The van der Waals surface area contributed by atoms with Crippen LogP contribution in [0.2, 0.25) is 5.02 Å². The Balaban J connectivity index is 1.82. The summed E-state index contributed by atoms with van der Waals surface area (Å²) in [6.45, 7) is 1.28. The summed E-state index contributed by atoms with van der Waals surface area (Å²) >= 11 is 6.25. The van der Waals surface area contributed by atoms with Gasteiger partial charge in [-0.15, -0.1) is 0 Å². The van der Waals surface area contributed by atoms with E-state index in [1.165, 1.54) is 19.1 Å². The van der Waals surface area contributed by atoms with E-state index in [-0.39, 0.29) is 40.9 Å². The summed E-state index contributed by atoms with van der Waals surface area (Å²) in [7, 11) is -2.14. The van der Waals surface area contributed by atoms with E-state index in [0.29, 0.717) is 16.4 Å². The molecule has 0 aliphatic carbocycles. The third-order valence-electron chi connectivity index (χ3n) is 6.75. The fraction of sp³-hybridized carbons (Fsp3) is 0.385. The van der Waals surface area contributed by atoms with Gasteiger partial charge in [-0.1, -0.05) is 48.0 Å². The molecule has 1 aromatic heterocycles. The van der Waals surface area contributed by atoms with Crippen LogP contribution in [-0.2, 0) is 23.4 Å². The van der Waals surface area contributed by atoms with Crippen molar-refractivity contribution in [2.45, 2.75) is 38.3 Å². The number of carbonyl (C=O) groups is 1. The second-order valence-corrected chi connectivity index (χ2v) is 12.1. The number of ether oxygens (including phenoxy) is 1. The molecule has 0 bridgehead atoms. The molecule has 1 aliphatic heterocycles. The number of carbonyl (C=O) groups excluding carboxylic acids is 1. The summed E-state index contributed by atoms with van der Waals surface area (Å²) in [6.07, 6.45) is -4.98. The molecule has 3 N–H and O–H groups in total. The highest BCUT2D eigenvalue weighted by atomic mass is 35.5. The number of aromatic nitrogens is 2. The van der Waals surface area contributed by atoms with Gasteiger partial charge in [-0.2, -0.15) is 40.0 Å². The molecule has 2 aromatic carbocycles. The maximum Gasteiger partial charge on any atom is 0.407 e. The van der Waals surface area contributed by atoms with Crippen molar-refractivity contribution >= 4 is 27.7 Å². The molecule has 0 amide bonds. The lowest BCUT2D eigenvalue weighted by molar-refractivity contribution is -0.185. The largest absolute Gasteiger partial charge is 0.472 e. The number of benzene rings is 2. The quantitative estimate of drug-likeness (QED) is 0.399. The third-order valence-corrected chi connectivity index (χ3v) is 9.00. The number of nitrogens with two attached hydrogens (primary N) is 1. The number of piperazine rings is 1. The molecule has 1 fully saturated rings. The first kappa shape index (κ1) is 30.9. The van der Waals surface area contributed by atoms with Gasteiger partial charge in [0.05, 0.1) is 22.3 Å². The van der Waals surface area contributed by atoms with Gasteiger partial charge < -0.3 is 15.8 Å². The van der Waals surface area contributed by atoms with E-state index < -0.39 is 40.9 Å². The van der Waals surface area contributed by atoms with Crippen LogP contribution in [0.1, 0.15) is 38.8 Å². The van der Waals surface area contributed by atoms with Crippen LogP contribution >= 0.6 is 11.6 Å². The average molecular weight is 615 g/mol. The Bertz CT molecular complexity index is 1510. The molecule has 41 heavy (non-hydrogen) atoms. The number of hydrogen-bond acceptors (Lipinski definition) is 7. The summed E-state index contributed by atoms with van der Waals surface area (Å²) < 4.78 is 77.4. The van der Waals surface area contributed by atoms with E-state index in [0.717, 1.165) is 28.6 Å². The van der Waals surface area contributed by atoms with Gasteiger partial charge in [0, 0.05) is 39.3 Å². The Hall–Kier alpha value is -3.01. The van der Waals surface area contributed by atoms with E-state index in [2.05, 4.69) is 10.4 Å². The van der Waals surface area contributed by atoms with Gasteiger partial charge >= 0.3 is 6.18 Å². The van der Waals surface area contributed by atoms with Crippen molar-refractivity contribution in [2.75, 3.05) is 27.2 Å². The summed E-state index contributed by atoms with van der Waals surface area (Å²) in [5.41, 5.74) is 7.28. The first-order valence-electron chi connectivity index (χ1n) is 12.6. The van der Waals surface area contributed by atoms with Gasteiger partial charge in [-0.25, -0.2) is 0 Å². The smallest absolute Gasteiger partial charge is 0.407 e. The lowest BCUT2D eigenvalue weighted by atomic mass is 9.99. The summed E-state index contributed by atoms with van der Waals surface area (Å²) in [4.78, 5) is 13.6. The van der Waals surface area contributed by atoms with Gasteiger partial charge in [0.25, 0.3) is 16.1 Å². The van der Waals surface area contributed by atoms with Crippen LogP contribution in [0.25, 0.3) is 0 Å². The van der Waals surface area contributed by atoms with Gasteiger partial charge in [0.2, 0.25) is 5.88 Å². The summed E-state index contributed by atoms with van der Waals surface area (Å²) in [6, 6.07) is 9.21. The van der Waals surface area contributed by atoms with E-state index in [4.69, 9.17) is 22.1 Å². The van der Waals surface area contributed by atoms with Crippen molar-refractivity contribution in [1.82, 2.24) is 23.7 Å². The van der Waals surface area contributed by atoms with E-state index in [1.807, 2.05) is 12.1 Å². The molecule has 0 radical (unpaired) electrons. The minimum Gasteiger partial charge on any atom is -0.472 e. The van der Waals surface area contributed by atoms with E-state index >= 15 is 0 Å². The van der Waals surface area contributed by atoms with E-state index in [1.54, 1.807) is 24.3 Å². The molecular weight excluding hydrogens is 585 g/mol. The van der Waals surface area contributed by atoms with Crippen LogP contribution in [0.4, 0.5) is 13.2 Å². The predicted molar refractivity (Wildman–Crippen MR) is 147 cm³/mol. The maximum absolute atomic E-state index is 14.5. The van der Waals surface area contributed by atoms with Gasteiger partial charge in [0.1, 0.15) is 12.6 Å². The molecule has 3 aromatic rings. The molecule has 10 nitrogen and oxygen atoms in total. The number of nitrogens with zero attached hydrogens (tertiary/aromatic N) is 4. The standard InChI is InChI=1S/C26H30ClF3N6O4S/c1-16-21(22-23(26(28,29)30)35(13-12-32-22)41(38,39)34(2)3)33-36(24(37)19-6-4-5-7-20(19)27)25(16)40-15-18-10-8-17(14-31)9-11-18/h4-11,22-23,32H,12-15,31H2,1-3H3. The highest BCUT2D eigenvalue weighted by Crippen LogP contribution is 2.40. The van der Waals surface area contributed by atoms with Crippen molar-refractivity contribution in [1.29, 1.82) is 0 Å². The monoisotopic (exact) mass is 614 g/mol. The molecule has 0 saturated carbocycles. The second kappa shape index (κ2) is 12.1. The fourth-order valence-corrected chi connectivity index (χ4v) is 6.07. The molecule has 1 aliphatic rings. The molecule has 2 unspecified atom stereocenters. The van der Waals surface area contributed by atoms with Gasteiger partial charge in [-0.3, -0.25) is 4.79 Å². The van der Waals surface area contributed by atoms with Crippen LogP contribution in [0.15, 0.2) is 48.5 Å². The van der Waals surface area contributed by atoms with Crippen molar-refractivity contribution in [3.63, 3.8) is 0 Å². The zero-order chi connectivity index (χ0) is 30.1. The van der Waals surface area contributed by atoms with Crippen LogP contribution in [0.5, 0.6) is 5.88 Å². The van der Waals surface area contributed by atoms with Crippen LogP contribution < -0.4 is 15.8 Å². The Morgan fingerprint density at radius 1 is 1.17 bits per heavy atom. The topological polar surface area (TPSA) is 123 Å². The Morgan fingerprint density at radius 3 is 2.39 bits per heavy atom. The van der Waals surface area contributed by atoms with Gasteiger partial charge in [-0.05, 0) is 30.2 Å². The summed E-state index contributed by atoms with van der Waals surface area (Å²) in [5, 5.41) is 7.16. The predicted octanol–water partition coefficient (Wildman–Crippen LogP) is 3.25. The van der Waals surface area contributed by atoms with Crippen LogP contribution in [0.3, 0.4) is 0 Å². The minimum absolute atomic E-state index is 0.0332. The highest BCUT2D eigenvalue weighted by Gasteiger charge is 2.55. The fourth-order valence-electron chi connectivity index (χ4n) is 4.59. The average Bonchev–Trinajstić information content (AvgIpc) is 3.26. The van der Waals surface area contributed by atoms with Crippen molar-refractivity contribution in [3.8, 4) is 5.88 Å². The molecule has 15 heteroatoms. The molecule has 2 heterocycles. The SMILES string of the molecule is Cc1c(C2NCCN(S(=O)(=O)N(C)C)C2C(F)(F)F)nn(C(=O)c2ccccc2Cl)c1OCc1ccc(CN)cc1. The Morgan fingerprint density at radius 2 is 1.80 bits per heavy atom. The highest BCUT2D eigenvalue weighted by molar-refractivity contribution is 7.86. The van der Waals surface area contributed by atoms with Crippen LogP contribution in [0, 0.1) is 6.92 Å². The van der Waals surface area contributed by atoms with Crippen molar-refractivity contribution in [3.05, 3.63) is 81.5 Å². The molecule has 222 valence electrons. The minimum atomic E-state index is -4.98. The van der Waals surface area contributed by atoms with Crippen molar-refractivity contribution < 1.29 is 31.1 Å². The lowest BCUT2D eigenvalue weighted by Gasteiger charge is -2.42. The lowest BCUT2D eigenvalue weighted by Crippen LogP contribution is -2.62. The molecule has 2 atom stereocenters. The number of halogens is 4. The number of hydrogen-bond donors (Lipinski definition) is 2. The van der Waals surface area contributed by atoms with Crippen LogP contribution in [-0.4, -0.2) is 72.1 Å².